The van der Waals surface area contributed by atoms with Crippen LogP contribution in [0.3, 0.4) is 0 Å². The number of benzene rings is 1. The summed E-state index contributed by atoms with van der Waals surface area (Å²) < 4.78 is 4.39. The van der Waals surface area contributed by atoms with Gasteiger partial charge in [-0.05, 0) is 29.6 Å². The minimum absolute atomic E-state index is 0.575. The predicted octanol–water partition coefficient (Wildman–Crippen LogP) is 3.22. The molecular weight excluding hydrogens is 216 g/mol. The van der Waals surface area contributed by atoms with Gasteiger partial charge in [-0.15, -0.1) is 0 Å². The summed E-state index contributed by atoms with van der Waals surface area (Å²) in [5.41, 5.74) is 9.18. The average molecular weight is 232 g/mol. The van der Waals surface area contributed by atoms with Crippen molar-refractivity contribution in [3.8, 4) is 11.3 Å². The monoisotopic (exact) mass is 232 g/mol. The Morgan fingerprint density at radius 1 is 1.25 bits per heavy atom. The van der Waals surface area contributed by atoms with E-state index < -0.39 is 0 Å². The zero-order valence-corrected chi connectivity index (χ0v) is 10.3. The second-order valence-electron chi connectivity index (χ2n) is 3.83. The molecule has 1 aromatic heterocycles. The fourth-order valence-electron chi connectivity index (χ4n) is 1.68. The summed E-state index contributed by atoms with van der Waals surface area (Å²) >= 11 is 1.48. The van der Waals surface area contributed by atoms with E-state index >= 15 is 0 Å². The molecule has 0 bridgehead atoms. The minimum Gasteiger partial charge on any atom is -0.326 e. The van der Waals surface area contributed by atoms with Crippen molar-refractivity contribution in [1.29, 1.82) is 0 Å². The summed E-state index contributed by atoms with van der Waals surface area (Å²) in [4.78, 5) is 1.13. The van der Waals surface area contributed by atoms with Crippen LogP contribution in [0, 0.1) is 0 Å². The van der Waals surface area contributed by atoms with E-state index in [-0.39, 0.29) is 0 Å². The number of aryl methyl sites for hydroxylation is 1. The maximum atomic E-state index is 5.58. The molecule has 0 saturated carbocycles. The highest BCUT2D eigenvalue weighted by Gasteiger charge is 2.03. The molecular formula is C13H16N2S. The van der Waals surface area contributed by atoms with Crippen LogP contribution in [-0.2, 0) is 13.0 Å². The highest BCUT2D eigenvalue weighted by Crippen LogP contribution is 2.22. The van der Waals surface area contributed by atoms with Crippen molar-refractivity contribution >= 4 is 11.5 Å². The normalized spacial score (nSPS) is 10.6. The van der Waals surface area contributed by atoms with Crippen LogP contribution in [0.2, 0.25) is 0 Å². The van der Waals surface area contributed by atoms with Gasteiger partial charge in [-0.25, -0.2) is 0 Å². The molecule has 1 heterocycles. The molecule has 2 nitrogen and oxygen atoms in total. The van der Waals surface area contributed by atoms with Gasteiger partial charge < -0.3 is 5.73 Å². The Morgan fingerprint density at radius 3 is 2.56 bits per heavy atom. The van der Waals surface area contributed by atoms with E-state index in [2.05, 4.69) is 41.6 Å². The Morgan fingerprint density at radius 2 is 2.00 bits per heavy atom. The molecule has 2 N–H and O–H groups in total. The standard InChI is InChI=1S/C13H16N2S/c1-2-3-10-4-6-11(7-5-10)13-8-12(9-14)16-15-13/h4-8H,2-3,9,14H2,1H3. The van der Waals surface area contributed by atoms with Crippen LogP contribution in [0.4, 0.5) is 0 Å². The van der Waals surface area contributed by atoms with Gasteiger partial charge in [0.05, 0.1) is 5.69 Å². The van der Waals surface area contributed by atoms with Crippen LogP contribution >= 0.6 is 11.5 Å². The number of rotatable bonds is 4. The van der Waals surface area contributed by atoms with E-state index in [0.717, 1.165) is 17.0 Å². The molecule has 3 heteroatoms. The van der Waals surface area contributed by atoms with Crippen LogP contribution in [0.1, 0.15) is 23.8 Å². The number of aromatic nitrogens is 1. The van der Waals surface area contributed by atoms with Gasteiger partial charge in [-0.2, -0.15) is 4.37 Å². The highest BCUT2D eigenvalue weighted by atomic mass is 32.1. The second kappa shape index (κ2) is 5.23. The Balaban J connectivity index is 2.20. The number of nitrogens with zero attached hydrogens (tertiary/aromatic N) is 1. The summed E-state index contributed by atoms with van der Waals surface area (Å²) in [6.07, 6.45) is 2.33. The number of nitrogens with two attached hydrogens (primary N) is 1. The van der Waals surface area contributed by atoms with Gasteiger partial charge in [0.15, 0.2) is 0 Å². The fraction of sp³-hybridized carbons (Fsp3) is 0.308. The molecule has 0 amide bonds. The Labute approximate surface area is 100 Å². The minimum atomic E-state index is 0.575. The molecule has 0 fully saturated rings. The largest absolute Gasteiger partial charge is 0.326 e. The van der Waals surface area contributed by atoms with Gasteiger partial charge in [-0.3, -0.25) is 0 Å². The Hall–Kier alpha value is -1.19. The average Bonchev–Trinajstić information content (AvgIpc) is 2.79. The first-order chi connectivity index (χ1) is 7.83. The van der Waals surface area contributed by atoms with Gasteiger partial charge in [0.25, 0.3) is 0 Å². The third-order valence-corrected chi connectivity index (χ3v) is 3.36. The van der Waals surface area contributed by atoms with Crippen LogP contribution < -0.4 is 5.73 Å². The molecule has 2 aromatic rings. The van der Waals surface area contributed by atoms with Crippen LogP contribution in [0.5, 0.6) is 0 Å². The molecule has 0 aliphatic heterocycles. The first-order valence-corrected chi connectivity index (χ1v) is 6.35. The molecule has 16 heavy (non-hydrogen) atoms. The first kappa shape index (κ1) is 11.3. The van der Waals surface area contributed by atoms with Crippen molar-refractivity contribution < 1.29 is 0 Å². The zero-order valence-electron chi connectivity index (χ0n) is 9.44. The van der Waals surface area contributed by atoms with E-state index in [1.54, 1.807) is 0 Å². The maximum Gasteiger partial charge on any atom is 0.0844 e. The van der Waals surface area contributed by atoms with Crippen LogP contribution in [0.25, 0.3) is 11.3 Å². The van der Waals surface area contributed by atoms with E-state index in [9.17, 15) is 0 Å². The van der Waals surface area contributed by atoms with Gasteiger partial charge in [0, 0.05) is 17.0 Å². The van der Waals surface area contributed by atoms with Gasteiger partial charge >= 0.3 is 0 Å². The smallest absolute Gasteiger partial charge is 0.0844 e. The molecule has 0 aliphatic carbocycles. The Bertz CT molecular complexity index is 445. The highest BCUT2D eigenvalue weighted by molar-refractivity contribution is 7.06. The van der Waals surface area contributed by atoms with E-state index in [0.29, 0.717) is 6.54 Å². The SMILES string of the molecule is CCCc1ccc(-c2cc(CN)sn2)cc1. The van der Waals surface area contributed by atoms with Crippen molar-refractivity contribution in [3.63, 3.8) is 0 Å². The maximum absolute atomic E-state index is 5.58. The molecule has 0 aliphatic rings. The molecule has 2 rings (SSSR count). The molecule has 0 unspecified atom stereocenters. The summed E-state index contributed by atoms with van der Waals surface area (Å²) in [5.74, 6) is 0. The van der Waals surface area contributed by atoms with Crippen molar-refractivity contribution in [1.82, 2.24) is 4.37 Å². The first-order valence-electron chi connectivity index (χ1n) is 5.58. The van der Waals surface area contributed by atoms with E-state index in [1.165, 1.54) is 29.1 Å². The summed E-state index contributed by atoms with van der Waals surface area (Å²) in [7, 11) is 0. The van der Waals surface area contributed by atoms with Crippen molar-refractivity contribution in [2.75, 3.05) is 0 Å². The number of hydrogen-bond donors (Lipinski definition) is 1. The van der Waals surface area contributed by atoms with Gasteiger partial charge in [0.2, 0.25) is 0 Å². The van der Waals surface area contributed by atoms with Crippen molar-refractivity contribution in [2.45, 2.75) is 26.3 Å². The lowest BCUT2D eigenvalue weighted by molar-refractivity contribution is 0.922. The molecule has 0 saturated heterocycles. The fourth-order valence-corrected chi connectivity index (χ4v) is 2.29. The summed E-state index contributed by atoms with van der Waals surface area (Å²) in [6, 6.07) is 10.7. The molecule has 0 radical (unpaired) electrons. The lowest BCUT2D eigenvalue weighted by Crippen LogP contribution is -1.91. The van der Waals surface area contributed by atoms with Gasteiger partial charge in [-0.1, -0.05) is 37.6 Å². The third kappa shape index (κ3) is 2.49. The number of hydrogen-bond acceptors (Lipinski definition) is 3. The topological polar surface area (TPSA) is 38.9 Å². The van der Waals surface area contributed by atoms with Gasteiger partial charge in [0.1, 0.15) is 0 Å². The van der Waals surface area contributed by atoms with Crippen LogP contribution in [-0.4, -0.2) is 4.37 Å². The van der Waals surface area contributed by atoms with E-state index in [4.69, 9.17) is 5.73 Å². The molecule has 84 valence electrons. The lowest BCUT2D eigenvalue weighted by Gasteiger charge is -2.00. The molecule has 0 spiro atoms. The molecule has 1 aromatic carbocycles. The van der Waals surface area contributed by atoms with Crippen LogP contribution in [0.15, 0.2) is 30.3 Å². The quantitative estimate of drug-likeness (QED) is 0.879. The van der Waals surface area contributed by atoms with Crippen molar-refractivity contribution in [3.05, 3.63) is 40.8 Å². The molecule has 0 atom stereocenters. The second-order valence-corrected chi connectivity index (χ2v) is 4.72. The Kier molecular flexibility index (Phi) is 3.70. The summed E-state index contributed by atoms with van der Waals surface area (Å²) in [6.45, 7) is 2.77. The van der Waals surface area contributed by atoms with Crippen molar-refractivity contribution in [2.24, 2.45) is 5.73 Å². The van der Waals surface area contributed by atoms with E-state index in [1.807, 2.05) is 0 Å². The predicted molar refractivity (Wildman–Crippen MR) is 69.4 cm³/mol. The summed E-state index contributed by atoms with van der Waals surface area (Å²) in [5, 5.41) is 0. The zero-order chi connectivity index (χ0) is 11.4. The lowest BCUT2D eigenvalue weighted by atomic mass is 10.1. The third-order valence-electron chi connectivity index (χ3n) is 2.55.